The highest BCUT2D eigenvalue weighted by atomic mass is 79.9. The maximum atomic E-state index is 13.6. The lowest BCUT2D eigenvalue weighted by atomic mass is 9.93. The van der Waals surface area contributed by atoms with E-state index in [0.29, 0.717) is 29.9 Å². The monoisotopic (exact) mass is 531 g/mol. The first-order valence-electron chi connectivity index (χ1n) is 11.5. The molecule has 0 saturated heterocycles. The molecule has 35 heavy (non-hydrogen) atoms. The molecule has 1 amide bonds. The van der Waals surface area contributed by atoms with Crippen LogP contribution in [0.2, 0.25) is 0 Å². The van der Waals surface area contributed by atoms with E-state index >= 15 is 0 Å². The van der Waals surface area contributed by atoms with Crippen molar-refractivity contribution in [1.29, 1.82) is 0 Å². The van der Waals surface area contributed by atoms with Gasteiger partial charge in [-0.15, -0.1) is 0 Å². The van der Waals surface area contributed by atoms with E-state index in [0.717, 1.165) is 38.0 Å². The Balaban J connectivity index is 1.57. The third-order valence-electron chi connectivity index (χ3n) is 6.55. The van der Waals surface area contributed by atoms with Crippen molar-refractivity contribution < 1.29 is 14.6 Å². The molecule has 1 aliphatic rings. The molecule has 0 aliphatic carbocycles. The van der Waals surface area contributed by atoms with Gasteiger partial charge in [-0.25, -0.2) is 0 Å². The molecule has 0 fully saturated rings. The topological polar surface area (TPSA) is 78.5 Å². The molecular weight excluding hydrogens is 506 g/mol. The van der Waals surface area contributed by atoms with Crippen molar-refractivity contribution >= 4 is 21.8 Å². The van der Waals surface area contributed by atoms with Crippen LogP contribution in [-0.2, 0) is 6.42 Å². The van der Waals surface area contributed by atoms with Crippen molar-refractivity contribution in [3.8, 4) is 22.8 Å². The number of fused-ring (bicyclic) bond motifs is 1. The first kappa shape index (κ1) is 23.2. The highest BCUT2D eigenvalue weighted by Gasteiger charge is 2.42. The molecule has 2 heterocycles. The number of aryl methyl sites for hydroxylation is 2. The van der Waals surface area contributed by atoms with Crippen molar-refractivity contribution in [3.63, 3.8) is 0 Å². The van der Waals surface area contributed by atoms with E-state index in [2.05, 4.69) is 26.1 Å². The molecule has 7 heteroatoms. The molecule has 1 aliphatic heterocycles. The molecular formula is C28H26BrN3O3. The van der Waals surface area contributed by atoms with Crippen LogP contribution in [0.25, 0.3) is 11.3 Å². The zero-order chi connectivity index (χ0) is 24.7. The van der Waals surface area contributed by atoms with Crippen LogP contribution in [0, 0.1) is 13.8 Å². The first-order chi connectivity index (χ1) is 16.9. The number of aromatic nitrogens is 2. The molecule has 178 valence electrons. The zero-order valence-corrected chi connectivity index (χ0v) is 21.4. The molecule has 0 saturated carbocycles. The number of methoxy groups -OCH3 is 1. The Kier molecular flexibility index (Phi) is 6.11. The average molecular weight is 532 g/mol. The van der Waals surface area contributed by atoms with E-state index < -0.39 is 0 Å². The van der Waals surface area contributed by atoms with Gasteiger partial charge in [0.25, 0.3) is 5.91 Å². The number of aromatic hydroxyl groups is 1. The molecule has 0 radical (unpaired) electrons. The number of benzene rings is 3. The summed E-state index contributed by atoms with van der Waals surface area (Å²) < 4.78 is 6.23. The Labute approximate surface area is 212 Å². The highest BCUT2D eigenvalue weighted by Crippen LogP contribution is 2.45. The molecule has 5 rings (SSSR count). The van der Waals surface area contributed by atoms with E-state index in [9.17, 15) is 9.90 Å². The number of H-pyrrole nitrogens is 1. The SMILES string of the molecule is COc1ccc(CCN2C(=O)c3[nH]nc(-c4c(C)cc(C)cc4O)c3C2c2ccc(Br)cc2)cc1. The number of phenols is 1. The van der Waals surface area contributed by atoms with Crippen LogP contribution in [0.15, 0.2) is 65.1 Å². The zero-order valence-electron chi connectivity index (χ0n) is 19.8. The Morgan fingerprint density at radius 2 is 1.80 bits per heavy atom. The number of ether oxygens (including phenoxy) is 1. The van der Waals surface area contributed by atoms with E-state index in [1.54, 1.807) is 13.2 Å². The lowest BCUT2D eigenvalue weighted by Crippen LogP contribution is -2.31. The fourth-order valence-corrected chi connectivity index (χ4v) is 5.17. The predicted molar refractivity (Wildman–Crippen MR) is 139 cm³/mol. The van der Waals surface area contributed by atoms with Crippen LogP contribution < -0.4 is 4.74 Å². The van der Waals surface area contributed by atoms with Crippen LogP contribution in [0.4, 0.5) is 0 Å². The second-order valence-electron chi connectivity index (χ2n) is 8.89. The summed E-state index contributed by atoms with van der Waals surface area (Å²) in [4.78, 5) is 15.5. The van der Waals surface area contributed by atoms with Crippen LogP contribution in [0.1, 0.15) is 44.3 Å². The lowest BCUT2D eigenvalue weighted by Gasteiger charge is -2.27. The quantitative estimate of drug-likeness (QED) is 0.321. The number of aromatic amines is 1. The highest BCUT2D eigenvalue weighted by molar-refractivity contribution is 9.10. The maximum absolute atomic E-state index is 13.6. The normalized spacial score (nSPS) is 14.9. The number of nitrogens with zero attached hydrogens (tertiary/aromatic N) is 2. The number of nitrogens with one attached hydrogen (secondary N) is 1. The minimum absolute atomic E-state index is 0.0931. The first-order valence-corrected chi connectivity index (χ1v) is 12.2. The van der Waals surface area contributed by atoms with Crippen LogP contribution in [0.5, 0.6) is 11.5 Å². The van der Waals surface area contributed by atoms with Crippen LogP contribution >= 0.6 is 15.9 Å². The Morgan fingerprint density at radius 3 is 2.46 bits per heavy atom. The van der Waals surface area contributed by atoms with E-state index in [1.807, 2.05) is 73.3 Å². The maximum Gasteiger partial charge on any atom is 0.273 e. The standard InChI is InChI=1S/C28H26BrN3O3/c1-16-14-17(2)23(22(33)15-16)25-24-26(31-30-25)28(34)32(27(24)19-6-8-20(29)9-7-19)13-12-18-4-10-21(35-3)11-5-18/h4-11,14-15,27,33H,12-13H2,1-3H3,(H,30,31). The third kappa shape index (κ3) is 4.21. The van der Waals surface area contributed by atoms with Crippen molar-refractivity contribution in [2.45, 2.75) is 26.3 Å². The molecule has 1 unspecified atom stereocenters. The predicted octanol–water partition coefficient (Wildman–Crippen LogP) is 5.96. The van der Waals surface area contributed by atoms with Crippen molar-refractivity contribution in [3.05, 3.63) is 98.6 Å². The van der Waals surface area contributed by atoms with Crippen molar-refractivity contribution in [2.75, 3.05) is 13.7 Å². The Bertz CT molecular complexity index is 1370. The number of hydrogen-bond donors (Lipinski definition) is 2. The van der Waals surface area contributed by atoms with Gasteiger partial charge in [0.2, 0.25) is 0 Å². The van der Waals surface area contributed by atoms with Gasteiger partial charge >= 0.3 is 0 Å². The Hall–Kier alpha value is -3.58. The molecule has 0 spiro atoms. The number of carbonyl (C=O) groups excluding carboxylic acids is 1. The van der Waals surface area contributed by atoms with Crippen molar-refractivity contribution in [2.24, 2.45) is 0 Å². The van der Waals surface area contributed by atoms with E-state index in [-0.39, 0.29) is 17.7 Å². The summed E-state index contributed by atoms with van der Waals surface area (Å²) in [5.41, 5.74) is 6.53. The summed E-state index contributed by atoms with van der Waals surface area (Å²) in [6.07, 6.45) is 0.699. The third-order valence-corrected chi connectivity index (χ3v) is 7.07. The minimum Gasteiger partial charge on any atom is -0.507 e. The number of phenolic OH excluding ortho intramolecular Hbond substituents is 1. The second kappa shape index (κ2) is 9.23. The summed E-state index contributed by atoms with van der Waals surface area (Å²) >= 11 is 3.51. The van der Waals surface area contributed by atoms with E-state index in [1.165, 1.54) is 0 Å². The number of hydrogen-bond acceptors (Lipinski definition) is 4. The van der Waals surface area contributed by atoms with Gasteiger partial charge in [-0.2, -0.15) is 5.10 Å². The fraction of sp³-hybridized carbons (Fsp3) is 0.214. The Morgan fingerprint density at radius 1 is 1.09 bits per heavy atom. The van der Waals surface area contributed by atoms with Crippen molar-refractivity contribution in [1.82, 2.24) is 15.1 Å². The second-order valence-corrected chi connectivity index (χ2v) is 9.80. The van der Waals surface area contributed by atoms with Gasteiger partial charge in [-0.05, 0) is 72.9 Å². The van der Waals surface area contributed by atoms with E-state index in [4.69, 9.17) is 4.74 Å². The molecule has 1 atom stereocenters. The molecule has 6 nitrogen and oxygen atoms in total. The largest absolute Gasteiger partial charge is 0.507 e. The smallest absolute Gasteiger partial charge is 0.273 e. The summed E-state index contributed by atoms with van der Waals surface area (Å²) in [5.74, 6) is 0.873. The molecule has 0 bridgehead atoms. The summed E-state index contributed by atoms with van der Waals surface area (Å²) in [6.45, 7) is 4.43. The van der Waals surface area contributed by atoms with Gasteiger partial charge < -0.3 is 14.7 Å². The van der Waals surface area contributed by atoms with Gasteiger partial charge in [0.15, 0.2) is 0 Å². The number of amides is 1. The van der Waals surface area contributed by atoms with Gasteiger partial charge in [-0.1, -0.05) is 46.3 Å². The van der Waals surface area contributed by atoms with Gasteiger partial charge in [0.1, 0.15) is 22.9 Å². The molecule has 1 aromatic heterocycles. The van der Waals surface area contributed by atoms with Gasteiger partial charge in [0, 0.05) is 22.1 Å². The molecule has 4 aromatic rings. The van der Waals surface area contributed by atoms with Crippen LogP contribution in [-0.4, -0.2) is 39.8 Å². The van der Waals surface area contributed by atoms with Gasteiger partial charge in [-0.3, -0.25) is 9.89 Å². The average Bonchev–Trinajstić information content (AvgIpc) is 3.37. The lowest BCUT2D eigenvalue weighted by molar-refractivity contribution is 0.0746. The number of halogens is 1. The number of rotatable bonds is 6. The number of carbonyl (C=O) groups is 1. The summed E-state index contributed by atoms with van der Waals surface area (Å²) in [6, 6.07) is 19.3. The molecule has 2 N–H and O–H groups in total. The fourth-order valence-electron chi connectivity index (χ4n) is 4.90. The summed E-state index contributed by atoms with van der Waals surface area (Å²) in [5, 5.41) is 18.3. The van der Waals surface area contributed by atoms with Crippen LogP contribution in [0.3, 0.4) is 0 Å². The summed E-state index contributed by atoms with van der Waals surface area (Å²) in [7, 11) is 1.65. The molecule has 3 aromatic carbocycles. The minimum atomic E-state index is -0.322. The van der Waals surface area contributed by atoms with Gasteiger partial charge in [0.05, 0.1) is 13.2 Å².